The fraction of sp³-hybridized carbons (Fsp3) is 0.226. The van der Waals surface area contributed by atoms with E-state index in [4.69, 9.17) is 4.74 Å². The number of aromatic nitrogens is 1. The quantitative estimate of drug-likeness (QED) is 0.224. The van der Waals surface area contributed by atoms with E-state index in [0.29, 0.717) is 6.42 Å². The van der Waals surface area contributed by atoms with Crippen LogP contribution in [0.15, 0.2) is 97.2 Å². The second-order valence-electron chi connectivity index (χ2n) is 9.41. The van der Waals surface area contributed by atoms with Gasteiger partial charge in [0.15, 0.2) is 5.13 Å². The van der Waals surface area contributed by atoms with Crippen molar-refractivity contribution in [1.82, 2.24) is 9.88 Å². The van der Waals surface area contributed by atoms with E-state index in [2.05, 4.69) is 10.3 Å². The molecule has 1 saturated heterocycles. The Bertz CT molecular complexity index is 1390. The fourth-order valence-electron chi connectivity index (χ4n) is 4.92. The van der Waals surface area contributed by atoms with Crippen LogP contribution in [0.2, 0.25) is 0 Å². The number of thiazole rings is 1. The minimum Gasteiger partial charge on any atom is -0.459 e. The van der Waals surface area contributed by atoms with Gasteiger partial charge in [0.1, 0.15) is 12.6 Å². The van der Waals surface area contributed by atoms with Crippen molar-refractivity contribution in [1.29, 1.82) is 0 Å². The maximum absolute atomic E-state index is 13.7. The van der Waals surface area contributed by atoms with E-state index < -0.39 is 23.8 Å². The van der Waals surface area contributed by atoms with Crippen LogP contribution in [-0.4, -0.2) is 40.8 Å². The highest BCUT2D eigenvalue weighted by atomic mass is 32.1. The molecule has 0 bridgehead atoms. The Kier molecular flexibility index (Phi) is 8.13. The third kappa shape index (κ3) is 5.91. The van der Waals surface area contributed by atoms with Crippen molar-refractivity contribution in [3.05, 3.63) is 119 Å². The summed E-state index contributed by atoms with van der Waals surface area (Å²) in [4.78, 5) is 46.7. The van der Waals surface area contributed by atoms with Crippen LogP contribution < -0.4 is 5.32 Å². The van der Waals surface area contributed by atoms with Crippen molar-refractivity contribution in [3.63, 3.8) is 0 Å². The molecular weight excluding hydrogens is 510 g/mol. The standard InChI is InChI=1S/C31H29N3O4S/c1-32-31-33-19-24(39-31)17-26-28(30(37)38-20-21-11-5-2-6-12-21)34(29(26)36)27(35)18-25(22-13-7-3-8-14-22)23-15-9-4-10-16-23/h2-16,19,25-26,28H,17-18,20H2,1H3,(H,32,33)/t26-,28+/m1/s1. The van der Waals surface area contributed by atoms with Crippen molar-refractivity contribution >= 4 is 34.3 Å². The van der Waals surface area contributed by atoms with Crippen molar-refractivity contribution in [2.45, 2.75) is 31.4 Å². The zero-order valence-corrected chi connectivity index (χ0v) is 22.3. The molecule has 0 aliphatic carbocycles. The molecule has 0 saturated carbocycles. The van der Waals surface area contributed by atoms with E-state index in [1.54, 1.807) is 13.2 Å². The lowest BCUT2D eigenvalue weighted by atomic mass is 9.82. The highest BCUT2D eigenvalue weighted by Gasteiger charge is 2.55. The molecule has 5 rings (SSSR count). The van der Waals surface area contributed by atoms with Crippen molar-refractivity contribution < 1.29 is 19.1 Å². The molecule has 1 fully saturated rings. The lowest BCUT2D eigenvalue weighted by Crippen LogP contribution is -2.67. The van der Waals surface area contributed by atoms with Gasteiger partial charge in [-0.1, -0.05) is 91.0 Å². The van der Waals surface area contributed by atoms with E-state index in [0.717, 1.165) is 31.6 Å². The number of imide groups is 1. The molecule has 0 spiro atoms. The molecule has 1 aliphatic rings. The van der Waals surface area contributed by atoms with Gasteiger partial charge in [0.05, 0.1) is 5.92 Å². The summed E-state index contributed by atoms with van der Waals surface area (Å²) in [5.41, 5.74) is 2.77. The summed E-state index contributed by atoms with van der Waals surface area (Å²) in [6, 6.07) is 27.8. The lowest BCUT2D eigenvalue weighted by molar-refractivity contribution is -0.180. The van der Waals surface area contributed by atoms with Crippen LogP contribution in [0.25, 0.3) is 0 Å². The Balaban J connectivity index is 1.38. The molecule has 198 valence electrons. The number of ether oxygens (including phenoxy) is 1. The maximum atomic E-state index is 13.7. The molecule has 2 amide bonds. The molecule has 7 nitrogen and oxygen atoms in total. The number of hydrogen-bond donors (Lipinski definition) is 1. The highest BCUT2D eigenvalue weighted by Crippen LogP contribution is 2.36. The SMILES string of the molecule is CNc1ncc(C[C@H]2C(=O)N(C(=O)CC(c3ccccc3)c3ccccc3)[C@@H]2C(=O)OCc2ccccc2)s1. The number of hydrogen-bond acceptors (Lipinski definition) is 7. The summed E-state index contributed by atoms with van der Waals surface area (Å²) < 4.78 is 5.62. The predicted octanol–water partition coefficient (Wildman–Crippen LogP) is 5.05. The van der Waals surface area contributed by atoms with Gasteiger partial charge in [-0.15, -0.1) is 11.3 Å². The first-order valence-electron chi connectivity index (χ1n) is 12.8. The van der Waals surface area contributed by atoms with Crippen molar-refractivity contribution in [2.24, 2.45) is 5.92 Å². The first-order valence-corrected chi connectivity index (χ1v) is 13.7. The van der Waals surface area contributed by atoms with E-state index in [9.17, 15) is 14.4 Å². The molecule has 3 aromatic carbocycles. The lowest BCUT2D eigenvalue weighted by Gasteiger charge is -2.44. The molecule has 1 aromatic heterocycles. The zero-order valence-electron chi connectivity index (χ0n) is 21.5. The molecule has 2 heterocycles. The van der Waals surface area contributed by atoms with Crippen LogP contribution in [-0.2, 0) is 32.1 Å². The van der Waals surface area contributed by atoms with Gasteiger partial charge < -0.3 is 10.1 Å². The first-order chi connectivity index (χ1) is 19.0. The number of nitrogens with zero attached hydrogens (tertiary/aromatic N) is 2. The van der Waals surface area contributed by atoms with Crippen molar-refractivity contribution in [3.8, 4) is 0 Å². The summed E-state index contributed by atoms with van der Waals surface area (Å²) >= 11 is 1.42. The molecule has 1 aliphatic heterocycles. The number of amides is 2. The Hall–Kier alpha value is -4.30. The minimum atomic E-state index is -0.985. The van der Waals surface area contributed by atoms with E-state index in [-0.39, 0.29) is 24.9 Å². The minimum absolute atomic E-state index is 0.0550. The zero-order chi connectivity index (χ0) is 27.2. The third-order valence-corrected chi connectivity index (χ3v) is 7.96. The van der Waals surface area contributed by atoms with E-state index in [1.165, 1.54) is 11.3 Å². The molecule has 2 atom stereocenters. The van der Waals surface area contributed by atoms with Gasteiger partial charge >= 0.3 is 5.97 Å². The van der Waals surface area contributed by atoms with Crippen LogP contribution in [0, 0.1) is 5.92 Å². The van der Waals surface area contributed by atoms with Gasteiger partial charge in [0, 0.05) is 30.5 Å². The smallest absolute Gasteiger partial charge is 0.330 e. The largest absolute Gasteiger partial charge is 0.459 e. The van der Waals surface area contributed by atoms with E-state index >= 15 is 0 Å². The Morgan fingerprint density at radius 3 is 2.10 bits per heavy atom. The summed E-state index contributed by atoms with van der Waals surface area (Å²) in [6.07, 6.45) is 2.06. The van der Waals surface area contributed by atoms with Gasteiger partial charge in [-0.05, 0) is 23.1 Å². The maximum Gasteiger partial charge on any atom is 0.330 e. The Morgan fingerprint density at radius 2 is 1.54 bits per heavy atom. The third-order valence-electron chi connectivity index (χ3n) is 6.92. The second-order valence-corrected chi connectivity index (χ2v) is 10.5. The van der Waals surface area contributed by atoms with E-state index in [1.807, 2.05) is 91.0 Å². The Morgan fingerprint density at radius 1 is 0.949 bits per heavy atom. The number of carbonyl (C=O) groups is 3. The number of anilines is 1. The predicted molar refractivity (Wildman–Crippen MR) is 150 cm³/mol. The van der Waals surface area contributed by atoms with Crippen LogP contribution in [0.1, 0.15) is 33.9 Å². The number of benzene rings is 3. The second kappa shape index (κ2) is 12.0. The summed E-state index contributed by atoms with van der Waals surface area (Å²) in [7, 11) is 1.77. The van der Waals surface area contributed by atoms with Gasteiger partial charge in [0.25, 0.3) is 0 Å². The molecule has 0 unspecified atom stereocenters. The molecular formula is C31H29N3O4S. The number of β-lactam (4-membered cyclic amide) rings is 1. The van der Waals surface area contributed by atoms with Crippen LogP contribution in [0.4, 0.5) is 5.13 Å². The van der Waals surface area contributed by atoms with Crippen molar-refractivity contribution in [2.75, 3.05) is 12.4 Å². The molecule has 0 radical (unpaired) electrons. The number of rotatable bonds is 10. The van der Waals surface area contributed by atoms with Gasteiger partial charge in [0.2, 0.25) is 11.8 Å². The number of likely N-dealkylation sites (tertiary alicyclic amines) is 1. The van der Waals surface area contributed by atoms with Gasteiger partial charge in [-0.25, -0.2) is 9.78 Å². The first kappa shape index (κ1) is 26.3. The molecule has 39 heavy (non-hydrogen) atoms. The number of esters is 1. The molecule has 8 heteroatoms. The normalized spacial score (nSPS) is 16.6. The number of carbonyl (C=O) groups excluding carboxylic acids is 3. The number of nitrogens with one attached hydrogen (secondary N) is 1. The average molecular weight is 540 g/mol. The average Bonchev–Trinajstić information content (AvgIpc) is 3.45. The summed E-state index contributed by atoms with van der Waals surface area (Å²) in [5.74, 6) is -2.27. The van der Waals surface area contributed by atoms with Crippen LogP contribution in [0.3, 0.4) is 0 Å². The monoisotopic (exact) mass is 539 g/mol. The Labute approximate surface area is 231 Å². The summed E-state index contributed by atoms with van der Waals surface area (Å²) in [6.45, 7) is 0.0697. The molecule has 4 aromatic rings. The summed E-state index contributed by atoms with van der Waals surface area (Å²) in [5, 5.41) is 3.71. The topological polar surface area (TPSA) is 88.6 Å². The molecule has 1 N–H and O–H groups in total. The van der Waals surface area contributed by atoms with Gasteiger partial charge in [-0.2, -0.15) is 0 Å². The highest BCUT2D eigenvalue weighted by molar-refractivity contribution is 7.15. The van der Waals surface area contributed by atoms with Crippen LogP contribution in [0.5, 0.6) is 0 Å². The van der Waals surface area contributed by atoms with Crippen LogP contribution >= 0.6 is 11.3 Å². The van der Waals surface area contributed by atoms with Gasteiger partial charge in [-0.3, -0.25) is 14.5 Å². The fourth-order valence-corrected chi connectivity index (χ4v) is 5.74.